The summed E-state index contributed by atoms with van der Waals surface area (Å²) in [5, 5.41) is 1.15. The van der Waals surface area contributed by atoms with Crippen LogP contribution in [-0.2, 0) is 9.53 Å². The summed E-state index contributed by atoms with van der Waals surface area (Å²) < 4.78 is 5.29. The van der Waals surface area contributed by atoms with Crippen LogP contribution >= 0.6 is 9.24 Å². The van der Waals surface area contributed by atoms with E-state index in [1.54, 1.807) is 20.8 Å². The van der Waals surface area contributed by atoms with E-state index in [2.05, 4.69) is 34.4 Å². The quantitative estimate of drug-likeness (QED) is 0.747. The molecule has 2 rings (SSSR count). The summed E-state index contributed by atoms with van der Waals surface area (Å²) in [6.45, 7) is 7.87. The molecule has 1 aromatic carbocycles. The standard InChI is InChI=1S/C17H24NO3P/c1-11-5-6-12(9-14(11)22)13-7-8-18(15(19)10-13)16(20)21-17(2,3)4/h5-6,9,13H,7-8,10,22H2,1-4H3. The van der Waals surface area contributed by atoms with Crippen molar-refractivity contribution in [2.24, 2.45) is 0 Å². The van der Waals surface area contributed by atoms with Crippen LogP contribution < -0.4 is 5.30 Å². The third-order valence-electron chi connectivity index (χ3n) is 3.81. The molecule has 0 aliphatic carbocycles. The number of piperidine rings is 1. The lowest BCUT2D eigenvalue weighted by molar-refractivity contribution is -0.132. The van der Waals surface area contributed by atoms with E-state index in [-0.39, 0.29) is 11.8 Å². The lowest BCUT2D eigenvalue weighted by Crippen LogP contribution is -2.45. The van der Waals surface area contributed by atoms with Gasteiger partial charge >= 0.3 is 6.09 Å². The maximum atomic E-state index is 12.3. The fourth-order valence-electron chi connectivity index (χ4n) is 2.54. The van der Waals surface area contributed by atoms with Gasteiger partial charge in [-0.2, -0.15) is 0 Å². The topological polar surface area (TPSA) is 46.6 Å². The first-order valence-corrected chi connectivity index (χ1v) is 8.14. The minimum Gasteiger partial charge on any atom is -0.443 e. The second-order valence-electron chi connectivity index (χ2n) is 6.83. The fraction of sp³-hybridized carbons (Fsp3) is 0.529. The Labute approximate surface area is 134 Å². The number of imide groups is 1. The van der Waals surface area contributed by atoms with Crippen molar-refractivity contribution in [1.29, 1.82) is 0 Å². The van der Waals surface area contributed by atoms with Crippen LogP contribution in [0, 0.1) is 6.92 Å². The molecule has 2 atom stereocenters. The van der Waals surface area contributed by atoms with Crippen molar-refractivity contribution in [3.05, 3.63) is 29.3 Å². The van der Waals surface area contributed by atoms with E-state index >= 15 is 0 Å². The SMILES string of the molecule is Cc1ccc(C2CCN(C(=O)OC(C)(C)C)C(=O)C2)cc1P. The number of benzene rings is 1. The van der Waals surface area contributed by atoms with E-state index in [1.807, 2.05) is 0 Å². The van der Waals surface area contributed by atoms with Gasteiger partial charge in [-0.1, -0.05) is 18.2 Å². The average Bonchev–Trinajstić information content (AvgIpc) is 2.39. The maximum Gasteiger partial charge on any atom is 0.417 e. The van der Waals surface area contributed by atoms with Gasteiger partial charge in [0.05, 0.1) is 0 Å². The zero-order valence-corrected chi connectivity index (χ0v) is 14.8. The summed E-state index contributed by atoms with van der Waals surface area (Å²) in [4.78, 5) is 25.6. The molecule has 0 saturated carbocycles. The van der Waals surface area contributed by atoms with Gasteiger partial charge in [0, 0.05) is 13.0 Å². The number of aryl methyl sites for hydroxylation is 1. The molecule has 0 aromatic heterocycles. The molecule has 0 N–H and O–H groups in total. The number of likely N-dealkylation sites (tertiary alicyclic amines) is 1. The Balaban J connectivity index is 2.05. The van der Waals surface area contributed by atoms with E-state index in [0.29, 0.717) is 13.0 Å². The van der Waals surface area contributed by atoms with Crippen LogP contribution in [0.4, 0.5) is 4.79 Å². The van der Waals surface area contributed by atoms with Crippen LogP contribution in [0.5, 0.6) is 0 Å². The van der Waals surface area contributed by atoms with E-state index < -0.39 is 11.7 Å². The van der Waals surface area contributed by atoms with Gasteiger partial charge < -0.3 is 4.74 Å². The molecule has 1 aliphatic heterocycles. The number of hydrogen-bond donors (Lipinski definition) is 0. The normalized spacial score (nSPS) is 19.2. The van der Waals surface area contributed by atoms with Gasteiger partial charge in [0.15, 0.2) is 0 Å². The third kappa shape index (κ3) is 4.07. The van der Waals surface area contributed by atoms with Crippen LogP contribution in [0.3, 0.4) is 0 Å². The Hall–Kier alpha value is -1.41. The Morgan fingerprint density at radius 1 is 1.36 bits per heavy atom. The van der Waals surface area contributed by atoms with Crippen molar-refractivity contribution in [2.75, 3.05) is 6.54 Å². The number of carbonyl (C=O) groups is 2. The lowest BCUT2D eigenvalue weighted by Gasteiger charge is -2.32. The monoisotopic (exact) mass is 321 g/mol. The van der Waals surface area contributed by atoms with Crippen LogP contribution in [0.25, 0.3) is 0 Å². The molecule has 1 aliphatic rings. The summed E-state index contributed by atoms with van der Waals surface area (Å²) in [6, 6.07) is 6.26. The molecule has 120 valence electrons. The highest BCUT2D eigenvalue weighted by Gasteiger charge is 2.33. The van der Waals surface area contributed by atoms with Crippen molar-refractivity contribution in [1.82, 2.24) is 4.90 Å². The predicted octanol–water partition coefficient (Wildman–Crippen LogP) is 3.14. The first-order chi connectivity index (χ1) is 10.2. The Kier molecular flexibility index (Phi) is 4.91. The van der Waals surface area contributed by atoms with Gasteiger partial charge in [-0.3, -0.25) is 4.79 Å². The summed E-state index contributed by atoms with van der Waals surface area (Å²) in [5.41, 5.74) is 1.79. The molecule has 1 fully saturated rings. The number of ether oxygens (including phenoxy) is 1. The van der Waals surface area contributed by atoms with Crippen LogP contribution in [0.15, 0.2) is 18.2 Å². The molecule has 0 radical (unpaired) electrons. The van der Waals surface area contributed by atoms with Crippen LogP contribution in [0.1, 0.15) is 50.7 Å². The summed E-state index contributed by atoms with van der Waals surface area (Å²) >= 11 is 0. The molecule has 2 amide bonds. The largest absolute Gasteiger partial charge is 0.443 e. The average molecular weight is 321 g/mol. The third-order valence-corrected chi connectivity index (χ3v) is 4.43. The Morgan fingerprint density at radius 2 is 2.05 bits per heavy atom. The highest BCUT2D eigenvalue weighted by atomic mass is 31.0. The van der Waals surface area contributed by atoms with Crippen LogP contribution in [0.2, 0.25) is 0 Å². The first-order valence-electron chi connectivity index (χ1n) is 7.57. The number of rotatable bonds is 1. The van der Waals surface area contributed by atoms with Gasteiger partial charge in [0.2, 0.25) is 5.91 Å². The highest BCUT2D eigenvalue weighted by molar-refractivity contribution is 7.27. The minimum atomic E-state index is -0.584. The second-order valence-corrected chi connectivity index (χ2v) is 7.45. The molecular weight excluding hydrogens is 297 g/mol. The predicted molar refractivity (Wildman–Crippen MR) is 90.4 cm³/mol. The number of hydrogen-bond acceptors (Lipinski definition) is 3. The number of amides is 2. The van der Waals surface area contributed by atoms with E-state index in [9.17, 15) is 9.59 Å². The fourth-order valence-corrected chi connectivity index (χ4v) is 2.83. The molecule has 2 unspecified atom stereocenters. The molecule has 0 bridgehead atoms. The molecule has 4 nitrogen and oxygen atoms in total. The molecule has 1 saturated heterocycles. The number of nitrogens with zero attached hydrogens (tertiary/aromatic N) is 1. The van der Waals surface area contributed by atoms with Gasteiger partial charge in [0.25, 0.3) is 0 Å². The van der Waals surface area contributed by atoms with Gasteiger partial charge in [-0.05, 0) is 56.5 Å². The smallest absolute Gasteiger partial charge is 0.417 e. The molecular formula is C17H24NO3P. The van der Waals surface area contributed by atoms with E-state index in [1.165, 1.54) is 10.5 Å². The van der Waals surface area contributed by atoms with Crippen molar-refractivity contribution in [3.8, 4) is 0 Å². The van der Waals surface area contributed by atoms with Crippen molar-refractivity contribution in [3.63, 3.8) is 0 Å². The maximum absolute atomic E-state index is 12.3. The van der Waals surface area contributed by atoms with Gasteiger partial charge in [-0.25, -0.2) is 9.69 Å². The summed E-state index contributed by atoms with van der Waals surface area (Å²) in [5.74, 6) is 0.0162. The zero-order valence-electron chi connectivity index (χ0n) is 13.7. The molecule has 22 heavy (non-hydrogen) atoms. The van der Waals surface area contributed by atoms with Crippen molar-refractivity contribution < 1.29 is 14.3 Å². The molecule has 0 spiro atoms. The summed E-state index contributed by atoms with van der Waals surface area (Å²) in [6.07, 6.45) is 0.594. The highest BCUT2D eigenvalue weighted by Crippen LogP contribution is 2.29. The van der Waals surface area contributed by atoms with Crippen molar-refractivity contribution in [2.45, 2.75) is 52.1 Å². The van der Waals surface area contributed by atoms with Crippen molar-refractivity contribution >= 4 is 26.5 Å². The van der Waals surface area contributed by atoms with Gasteiger partial charge in [-0.15, -0.1) is 9.24 Å². The number of carbonyl (C=O) groups excluding carboxylic acids is 2. The first kappa shape index (κ1) is 17.0. The molecule has 1 aromatic rings. The zero-order chi connectivity index (χ0) is 16.5. The summed E-state index contributed by atoms with van der Waals surface area (Å²) in [7, 11) is 2.72. The lowest BCUT2D eigenvalue weighted by atomic mass is 9.89. The second kappa shape index (κ2) is 6.37. The van der Waals surface area contributed by atoms with Gasteiger partial charge in [0.1, 0.15) is 5.60 Å². The minimum absolute atomic E-state index is 0.156. The molecule has 5 heteroatoms. The molecule has 1 heterocycles. The van der Waals surface area contributed by atoms with Crippen LogP contribution in [-0.4, -0.2) is 29.0 Å². The Bertz CT molecular complexity index is 592. The Morgan fingerprint density at radius 3 is 2.59 bits per heavy atom. The van der Waals surface area contributed by atoms with E-state index in [0.717, 1.165) is 17.3 Å². The van der Waals surface area contributed by atoms with E-state index in [4.69, 9.17) is 4.74 Å².